The molecule has 2 fully saturated rings. The van der Waals surface area contributed by atoms with Gasteiger partial charge in [-0.15, -0.1) is 0 Å². The van der Waals surface area contributed by atoms with Gasteiger partial charge in [-0.25, -0.2) is 0 Å². The van der Waals surface area contributed by atoms with E-state index in [1.807, 2.05) is 37.3 Å². The number of phenolic OH excluding ortho intramolecular Hbond substituents is 1. The van der Waals surface area contributed by atoms with Crippen molar-refractivity contribution < 1.29 is 19.4 Å². The first-order chi connectivity index (χ1) is 15.6. The van der Waals surface area contributed by atoms with Gasteiger partial charge in [0.1, 0.15) is 11.8 Å². The minimum Gasteiger partial charge on any atom is -0.506 e. The van der Waals surface area contributed by atoms with E-state index in [9.17, 15) is 14.7 Å². The third-order valence-electron chi connectivity index (χ3n) is 6.97. The minimum atomic E-state index is -0.332. The summed E-state index contributed by atoms with van der Waals surface area (Å²) in [7, 11) is 0. The Morgan fingerprint density at radius 1 is 1.09 bits per heavy atom. The van der Waals surface area contributed by atoms with Gasteiger partial charge in [0, 0.05) is 24.5 Å². The topological polar surface area (TPSA) is 78.9 Å². The van der Waals surface area contributed by atoms with Gasteiger partial charge >= 0.3 is 5.97 Å². The van der Waals surface area contributed by atoms with Crippen LogP contribution < -0.4 is 5.32 Å². The molecule has 0 radical (unpaired) electrons. The zero-order valence-electron chi connectivity index (χ0n) is 18.9. The number of benzene rings is 2. The molecule has 0 spiro atoms. The van der Waals surface area contributed by atoms with Crippen LogP contribution in [-0.2, 0) is 9.53 Å². The highest BCUT2D eigenvalue weighted by Gasteiger charge is 2.36. The lowest BCUT2D eigenvalue weighted by Crippen LogP contribution is -2.54. The molecule has 1 heterocycles. The molecule has 1 aliphatic carbocycles. The van der Waals surface area contributed by atoms with Crippen LogP contribution in [-0.4, -0.2) is 53.7 Å². The van der Waals surface area contributed by atoms with Crippen LogP contribution >= 0.6 is 0 Å². The summed E-state index contributed by atoms with van der Waals surface area (Å²) in [6, 6.07) is 10.5. The molecule has 2 atom stereocenters. The maximum atomic E-state index is 13.0. The third kappa shape index (κ3) is 5.07. The van der Waals surface area contributed by atoms with E-state index >= 15 is 0 Å². The largest absolute Gasteiger partial charge is 0.506 e. The zero-order chi connectivity index (χ0) is 22.5. The van der Waals surface area contributed by atoms with Crippen LogP contribution in [0.1, 0.15) is 62.2 Å². The van der Waals surface area contributed by atoms with Crippen LogP contribution in [0, 0.1) is 5.92 Å². The monoisotopic (exact) mass is 438 g/mol. The molecular weight excluding hydrogens is 404 g/mol. The molecule has 2 unspecified atom stereocenters. The highest BCUT2D eigenvalue weighted by atomic mass is 16.5. The molecule has 0 bridgehead atoms. The first-order valence-corrected chi connectivity index (χ1v) is 12.0. The lowest BCUT2D eigenvalue weighted by atomic mass is 9.87. The fourth-order valence-corrected chi connectivity index (χ4v) is 5.25. The van der Waals surface area contributed by atoms with Crippen LogP contribution in [0.2, 0.25) is 0 Å². The fraction of sp³-hybridized carbons (Fsp3) is 0.538. The number of hydrogen-bond acceptors (Lipinski definition) is 5. The van der Waals surface area contributed by atoms with Gasteiger partial charge in [0.2, 0.25) is 0 Å². The molecule has 172 valence electrons. The normalized spacial score (nSPS) is 22.5. The highest BCUT2D eigenvalue weighted by molar-refractivity contribution is 6.03. The second kappa shape index (κ2) is 10.3. The Labute approximate surface area is 189 Å². The number of esters is 1. The van der Waals surface area contributed by atoms with E-state index in [2.05, 4.69) is 10.2 Å². The molecular formula is C26H34N2O4. The van der Waals surface area contributed by atoms with E-state index in [0.717, 1.165) is 24.9 Å². The molecule has 1 aliphatic heterocycles. The summed E-state index contributed by atoms with van der Waals surface area (Å²) in [5.41, 5.74) is 0.265. The lowest BCUT2D eigenvalue weighted by Gasteiger charge is -2.40. The van der Waals surface area contributed by atoms with Crippen molar-refractivity contribution in [1.29, 1.82) is 0 Å². The number of piperidine rings is 1. The van der Waals surface area contributed by atoms with Gasteiger partial charge in [-0.3, -0.25) is 14.5 Å². The summed E-state index contributed by atoms with van der Waals surface area (Å²) in [5.74, 6) is 0.135. The van der Waals surface area contributed by atoms with E-state index in [4.69, 9.17) is 4.74 Å². The number of nitrogens with one attached hydrogen (secondary N) is 1. The van der Waals surface area contributed by atoms with Gasteiger partial charge in [-0.05, 0) is 50.0 Å². The molecule has 0 aromatic heterocycles. The number of rotatable bonds is 6. The number of ether oxygens (including phenoxy) is 1. The molecule has 1 saturated carbocycles. The Bertz CT molecular complexity index is 954. The number of aromatic hydroxyl groups is 1. The Morgan fingerprint density at radius 2 is 1.88 bits per heavy atom. The van der Waals surface area contributed by atoms with Crippen molar-refractivity contribution in [2.45, 2.75) is 64.0 Å². The van der Waals surface area contributed by atoms with Crippen molar-refractivity contribution in [2.75, 3.05) is 19.7 Å². The minimum absolute atomic E-state index is 0.00252. The van der Waals surface area contributed by atoms with Crippen molar-refractivity contribution in [3.8, 4) is 5.75 Å². The molecule has 6 nitrogen and oxygen atoms in total. The van der Waals surface area contributed by atoms with E-state index in [1.54, 1.807) is 6.07 Å². The zero-order valence-corrected chi connectivity index (χ0v) is 18.9. The SMILES string of the molecule is CCOC(=O)C1CC(NC(=O)c2ccc3ccccc3c2O)CCN1CC1CCCCC1. The Morgan fingerprint density at radius 3 is 2.66 bits per heavy atom. The summed E-state index contributed by atoms with van der Waals surface area (Å²) in [4.78, 5) is 28.0. The van der Waals surface area contributed by atoms with Crippen LogP contribution in [0.5, 0.6) is 5.75 Å². The number of fused-ring (bicyclic) bond motifs is 1. The molecule has 2 aromatic rings. The first-order valence-electron chi connectivity index (χ1n) is 12.0. The summed E-state index contributed by atoms with van der Waals surface area (Å²) in [5, 5.41) is 15.2. The second-order valence-electron chi connectivity index (χ2n) is 9.14. The van der Waals surface area contributed by atoms with Crippen molar-refractivity contribution in [1.82, 2.24) is 10.2 Å². The molecule has 6 heteroatoms. The van der Waals surface area contributed by atoms with E-state index in [0.29, 0.717) is 24.3 Å². The van der Waals surface area contributed by atoms with Crippen molar-refractivity contribution in [2.24, 2.45) is 5.92 Å². The maximum Gasteiger partial charge on any atom is 0.323 e. The van der Waals surface area contributed by atoms with Crippen LogP contribution in [0.4, 0.5) is 0 Å². The number of carbonyl (C=O) groups is 2. The van der Waals surface area contributed by atoms with Crippen molar-refractivity contribution in [3.63, 3.8) is 0 Å². The molecule has 2 aromatic carbocycles. The van der Waals surface area contributed by atoms with Crippen molar-refractivity contribution in [3.05, 3.63) is 42.0 Å². The van der Waals surface area contributed by atoms with E-state index < -0.39 is 0 Å². The summed E-state index contributed by atoms with van der Waals surface area (Å²) < 4.78 is 5.37. The summed E-state index contributed by atoms with van der Waals surface area (Å²) in [6.45, 7) is 3.87. The van der Waals surface area contributed by atoms with E-state index in [-0.39, 0.29) is 35.3 Å². The average Bonchev–Trinajstić information content (AvgIpc) is 2.81. The van der Waals surface area contributed by atoms with Crippen molar-refractivity contribution >= 4 is 22.6 Å². The van der Waals surface area contributed by atoms with Gasteiger partial charge in [0.25, 0.3) is 5.91 Å². The number of phenols is 1. The highest BCUT2D eigenvalue weighted by Crippen LogP contribution is 2.30. The van der Waals surface area contributed by atoms with Crippen LogP contribution in [0.3, 0.4) is 0 Å². The van der Waals surface area contributed by atoms with Crippen LogP contribution in [0.25, 0.3) is 10.8 Å². The Balaban J connectivity index is 1.44. The Kier molecular flexibility index (Phi) is 7.30. The lowest BCUT2D eigenvalue weighted by molar-refractivity contribution is -0.151. The molecule has 2 aliphatic rings. The molecule has 4 rings (SSSR count). The standard InChI is InChI=1S/C26H34N2O4/c1-2-32-26(31)23-16-20(14-15-28(23)17-18-8-4-3-5-9-18)27-25(30)22-13-12-19-10-6-7-11-21(19)24(22)29/h6-7,10-13,18,20,23,29H,2-5,8-9,14-17H2,1H3,(H,27,30). The van der Waals surface area contributed by atoms with Crippen LogP contribution in [0.15, 0.2) is 36.4 Å². The number of hydrogen-bond donors (Lipinski definition) is 2. The van der Waals surface area contributed by atoms with Gasteiger partial charge in [-0.2, -0.15) is 0 Å². The molecule has 32 heavy (non-hydrogen) atoms. The van der Waals surface area contributed by atoms with Gasteiger partial charge in [-0.1, -0.05) is 49.6 Å². The predicted molar refractivity (Wildman–Crippen MR) is 125 cm³/mol. The third-order valence-corrected chi connectivity index (χ3v) is 6.97. The Hall–Kier alpha value is -2.60. The smallest absolute Gasteiger partial charge is 0.323 e. The van der Waals surface area contributed by atoms with Gasteiger partial charge < -0.3 is 15.2 Å². The first kappa shape index (κ1) is 22.6. The fourth-order valence-electron chi connectivity index (χ4n) is 5.25. The number of carbonyl (C=O) groups excluding carboxylic acids is 2. The quantitative estimate of drug-likeness (QED) is 0.659. The van der Waals surface area contributed by atoms with Gasteiger partial charge in [0.05, 0.1) is 12.2 Å². The predicted octanol–water partition coefficient (Wildman–Crippen LogP) is 4.25. The van der Waals surface area contributed by atoms with E-state index in [1.165, 1.54) is 32.1 Å². The average molecular weight is 439 g/mol. The molecule has 1 saturated heterocycles. The van der Waals surface area contributed by atoms with Gasteiger partial charge in [0.15, 0.2) is 0 Å². The number of likely N-dealkylation sites (tertiary alicyclic amines) is 1. The maximum absolute atomic E-state index is 13.0. The second-order valence-corrected chi connectivity index (χ2v) is 9.14. The summed E-state index contributed by atoms with van der Waals surface area (Å²) in [6.07, 6.45) is 7.63. The molecule has 1 amide bonds. The molecule has 2 N–H and O–H groups in total. The summed E-state index contributed by atoms with van der Waals surface area (Å²) >= 11 is 0. The number of nitrogens with zero attached hydrogens (tertiary/aromatic N) is 1. The number of amides is 1.